The van der Waals surface area contributed by atoms with Gasteiger partial charge in [-0.1, -0.05) is 11.6 Å². The minimum absolute atomic E-state index is 0.310. The van der Waals surface area contributed by atoms with E-state index in [4.69, 9.17) is 23.2 Å². The van der Waals surface area contributed by atoms with Crippen molar-refractivity contribution >= 4 is 29.0 Å². The fourth-order valence-corrected chi connectivity index (χ4v) is 1.57. The first kappa shape index (κ1) is 12.5. The van der Waals surface area contributed by atoms with Crippen molar-refractivity contribution in [1.82, 2.24) is 4.98 Å². The van der Waals surface area contributed by atoms with Crippen LogP contribution in [0.25, 0.3) is 0 Å². The lowest BCUT2D eigenvalue weighted by Gasteiger charge is -2.21. The molecule has 0 atom stereocenters. The number of alkyl halides is 1. The van der Waals surface area contributed by atoms with E-state index in [1.807, 2.05) is 11.8 Å². The maximum Gasteiger partial charge on any atom is 0.167 e. The van der Waals surface area contributed by atoms with Crippen molar-refractivity contribution in [1.29, 1.82) is 0 Å². The van der Waals surface area contributed by atoms with Crippen molar-refractivity contribution in [3.05, 3.63) is 23.1 Å². The third kappa shape index (κ3) is 3.50. The van der Waals surface area contributed by atoms with Gasteiger partial charge in [-0.2, -0.15) is 0 Å². The molecule has 0 unspecified atom stereocenters. The van der Waals surface area contributed by atoms with E-state index in [1.54, 1.807) is 0 Å². The summed E-state index contributed by atoms with van der Waals surface area (Å²) in [5.41, 5.74) is 0. The zero-order chi connectivity index (χ0) is 11.3. The molecule has 0 spiro atoms. The van der Waals surface area contributed by atoms with Crippen LogP contribution in [0.15, 0.2) is 12.3 Å². The molecule has 84 valence electrons. The second-order valence-electron chi connectivity index (χ2n) is 3.08. The maximum atomic E-state index is 13.5. The molecule has 1 rings (SSSR count). The van der Waals surface area contributed by atoms with Crippen LogP contribution in [-0.4, -0.2) is 24.0 Å². The second-order valence-corrected chi connectivity index (χ2v) is 3.90. The Hall–Kier alpha value is -0.540. The number of aromatic nitrogens is 1. The summed E-state index contributed by atoms with van der Waals surface area (Å²) in [6.45, 7) is 3.35. The van der Waals surface area contributed by atoms with E-state index >= 15 is 0 Å². The summed E-state index contributed by atoms with van der Waals surface area (Å²) in [4.78, 5) is 5.82. The standard InChI is InChI=1S/C10H13Cl2FN2/c1-2-15(5-3-4-11)10-9(13)6-8(12)7-14-10/h6-7H,2-5H2,1H3. The molecule has 0 bridgehead atoms. The Kier molecular flexibility index (Phi) is 5.12. The molecule has 0 amide bonds. The predicted molar refractivity (Wildman–Crippen MR) is 62.4 cm³/mol. The highest BCUT2D eigenvalue weighted by atomic mass is 35.5. The minimum Gasteiger partial charge on any atom is -0.354 e. The SMILES string of the molecule is CCN(CCCCl)c1ncc(Cl)cc1F. The third-order valence-corrected chi connectivity index (χ3v) is 2.51. The zero-order valence-electron chi connectivity index (χ0n) is 8.51. The first-order valence-corrected chi connectivity index (χ1v) is 5.72. The van der Waals surface area contributed by atoms with Crippen molar-refractivity contribution in [3.63, 3.8) is 0 Å². The predicted octanol–water partition coefficient (Wildman–Crippen LogP) is 3.33. The van der Waals surface area contributed by atoms with E-state index in [9.17, 15) is 4.39 Å². The summed E-state index contributed by atoms with van der Waals surface area (Å²) in [6, 6.07) is 1.27. The van der Waals surface area contributed by atoms with Crippen molar-refractivity contribution in [3.8, 4) is 0 Å². The van der Waals surface area contributed by atoms with E-state index in [-0.39, 0.29) is 5.82 Å². The lowest BCUT2D eigenvalue weighted by atomic mass is 10.3. The van der Waals surface area contributed by atoms with E-state index in [0.717, 1.165) is 6.42 Å². The normalized spacial score (nSPS) is 10.4. The topological polar surface area (TPSA) is 16.1 Å². The van der Waals surface area contributed by atoms with Gasteiger partial charge >= 0.3 is 0 Å². The van der Waals surface area contributed by atoms with Gasteiger partial charge in [0, 0.05) is 25.2 Å². The van der Waals surface area contributed by atoms with Crippen molar-refractivity contribution in [2.24, 2.45) is 0 Å². The van der Waals surface area contributed by atoms with Gasteiger partial charge < -0.3 is 4.90 Å². The van der Waals surface area contributed by atoms with Crippen LogP contribution < -0.4 is 4.90 Å². The first-order chi connectivity index (χ1) is 7.19. The fourth-order valence-electron chi connectivity index (χ4n) is 1.30. The van der Waals surface area contributed by atoms with E-state index in [2.05, 4.69) is 4.98 Å². The summed E-state index contributed by atoms with van der Waals surface area (Å²) in [7, 11) is 0. The molecule has 0 aromatic carbocycles. The number of pyridine rings is 1. The van der Waals surface area contributed by atoms with Crippen molar-refractivity contribution in [2.45, 2.75) is 13.3 Å². The summed E-state index contributed by atoms with van der Waals surface area (Å²) in [5.74, 6) is 0.511. The van der Waals surface area contributed by atoms with E-state index in [1.165, 1.54) is 12.3 Å². The molecule has 0 aliphatic rings. The quantitative estimate of drug-likeness (QED) is 0.746. The van der Waals surface area contributed by atoms with Crippen LogP contribution >= 0.6 is 23.2 Å². The molecule has 1 aromatic rings. The van der Waals surface area contributed by atoms with Crippen LogP contribution in [0.1, 0.15) is 13.3 Å². The maximum absolute atomic E-state index is 13.5. The van der Waals surface area contributed by atoms with Crippen LogP contribution in [0.5, 0.6) is 0 Å². The average molecular weight is 251 g/mol. The van der Waals surface area contributed by atoms with Gasteiger partial charge in [-0.05, 0) is 19.4 Å². The highest BCUT2D eigenvalue weighted by Crippen LogP contribution is 2.19. The third-order valence-electron chi connectivity index (χ3n) is 2.03. The Balaban J connectivity index is 2.81. The second kappa shape index (κ2) is 6.13. The molecule has 1 aromatic heterocycles. The Morgan fingerprint density at radius 3 is 2.80 bits per heavy atom. The summed E-state index contributed by atoms with van der Waals surface area (Å²) in [6.07, 6.45) is 2.25. The van der Waals surface area contributed by atoms with Crippen LogP contribution in [-0.2, 0) is 0 Å². The molecule has 0 saturated heterocycles. The van der Waals surface area contributed by atoms with Crippen LogP contribution in [0.3, 0.4) is 0 Å². The number of anilines is 1. The molecular weight excluding hydrogens is 238 g/mol. The highest BCUT2D eigenvalue weighted by molar-refractivity contribution is 6.30. The Morgan fingerprint density at radius 2 is 2.27 bits per heavy atom. The van der Waals surface area contributed by atoms with E-state index in [0.29, 0.717) is 29.8 Å². The Labute approximate surface area is 99.0 Å². The molecule has 1 heterocycles. The molecule has 0 aliphatic heterocycles. The number of hydrogen-bond donors (Lipinski definition) is 0. The van der Waals surface area contributed by atoms with Crippen molar-refractivity contribution in [2.75, 3.05) is 23.9 Å². The Bertz CT molecular complexity index is 320. The molecule has 0 fully saturated rings. The molecule has 0 N–H and O–H groups in total. The number of nitrogens with zero attached hydrogens (tertiary/aromatic N) is 2. The van der Waals surface area contributed by atoms with E-state index < -0.39 is 0 Å². The number of hydrogen-bond acceptors (Lipinski definition) is 2. The van der Waals surface area contributed by atoms with Gasteiger partial charge in [0.05, 0.1) is 5.02 Å². The lowest BCUT2D eigenvalue weighted by molar-refractivity contribution is 0.609. The smallest absolute Gasteiger partial charge is 0.167 e. The highest BCUT2D eigenvalue weighted by Gasteiger charge is 2.11. The summed E-state index contributed by atoms with van der Waals surface area (Å²) in [5, 5.41) is 0.310. The molecule has 0 aliphatic carbocycles. The van der Waals surface area contributed by atoms with Gasteiger partial charge in [-0.15, -0.1) is 11.6 Å². The minimum atomic E-state index is -0.390. The van der Waals surface area contributed by atoms with Crippen LogP contribution in [0.2, 0.25) is 5.02 Å². The molecule has 2 nitrogen and oxygen atoms in total. The molecular formula is C10H13Cl2FN2. The first-order valence-electron chi connectivity index (χ1n) is 4.81. The van der Waals surface area contributed by atoms with Crippen LogP contribution in [0.4, 0.5) is 10.2 Å². The van der Waals surface area contributed by atoms with Gasteiger partial charge in [0.1, 0.15) is 0 Å². The lowest BCUT2D eigenvalue weighted by Crippen LogP contribution is -2.26. The summed E-state index contributed by atoms with van der Waals surface area (Å²) >= 11 is 11.2. The fraction of sp³-hybridized carbons (Fsp3) is 0.500. The monoisotopic (exact) mass is 250 g/mol. The molecule has 15 heavy (non-hydrogen) atoms. The van der Waals surface area contributed by atoms with Gasteiger partial charge in [0.15, 0.2) is 11.6 Å². The van der Waals surface area contributed by atoms with Crippen molar-refractivity contribution < 1.29 is 4.39 Å². The molecule has 0 radical (unpaired) electrons. The number of halogens is 3. The summed E-state index contributed by atoms with van der Waals surface area (Å²) < 4.78 is 13.5. The molecule has 5 heteroatoms. The van der Waals surface area contributed by atoms with Crippen LogP contribution in [0, 0.1) is 5.82 Å². The van der Waals surface area contributed by atoms with Gasteiger partial charge in [0.25, 0.3) is 0 Å². The largest absolute Gasteiger partial charge is 0.354 e. The average Bonchev–Trinajstić information content (AvgIpc) is 2.21. The van der Waals surface area contributed by atoms with Gasteiger partial charge in [-0.3, -0.25) is 0 Å². The molecule has 0 saturated carbocycles. The van der Waals surface area contributed by atoms with Gasteiger partial charge in [-0.25, -0.2) is 9.37 Å². The zero-order valence-corrected chi connectivity index (χ0v) is 10.0. The number of rotatable bonds is 5. The Morgan fingerprint density at radius 1 is 1.53 bits per heavy atom. The van der Waals surface area contributed by atoms with Gasteiger partial charge in [0.2, 0.25) is 0 Å².